The van der Waals surface area contributed by atoms with Crippen LogP contribution < -0.4 is 15.5 Å². The highest BCUT2D eigenvalue weighted by atomic mass is 16.2. The average Bonchev–Trinajstić information content (AvgIpc) is 3.67. The summed E-state index contributed by atoms with van der Waals surface area (Å²) in [5.74, 6) is -0.00290. The van der Waals surface area contributed by atoms with E-state index in [9.17, 15) is 19.2 Å². The van der Waals surface area contributed by atoms with Crippen LogP contribution in [0.1, 0.15) is 70.8 Å². The Morgan fingerprint density at radius 1 is 0.957 bits per heavy atom. The van der Waals surface area contributed by atoms with Gasteiger partial charge in [0.15, 0.2) is 0 Å². The standard InChI is InChI=1S/C34H38N8O4/c1-22-8-9-28(31(43)38-22)42-33(45)26-5-4-6-27(30(26)34(42)46)36-19-23-20-37-41(21-23)25-12-17-40(18-13-25)32(44)24-10-15-39(16-11-24)29-7-2-3-14-35-29/h2-7,14,20-21,24-25,28,36H,1,8-13,15-19H2,(H,38,43). The van der Waals surface area contributed by atoms with Crippen LogP contribution in [0.15, 0.2) is 67.3 Å². The molecule has 0 aliphatic carbocycles. The first kappa shape index (κ1) is 29.7. The number of aromatic nitrogens is 3. The van der Waals surface area contributed by atoms with Crippen LogP contribution >= 0.6 is 0 Å². The number of benzene rings is 1. The molecule has 3 saturated heterocycles. The van der Waals surface area contributed by atoms with E-state index in [1.54, 1.807) is 18.2 Å². The molecular weight excluding hydrogens is 584 g/mol. The highest BCUT2D eigenvalue weighted by Gasteiger charge is 2.45. The predicted octanol–water partition coefficient (Wildman–Crippen LogP) is 3.36. The predicted molar refractivity (Wildman–Crippen MR) is 171 cm³/mol. The molecule has 238 valence electrons. The second kappa shape index (κ2) is 12.4. The van der Waals surface area contributed by atoms with E-state index >= 15 is 0 Å². The van der Waals surface area contributed by atoms with Gasteiger partial charge in [0.2, 0.25) is 11.8 Å². The van der Waals surface area contributed by atoms with E-state index < -0.39 is 17.9 Å². The number of nitrogens with zero attached hydrogens (tertiary/aromatic N) is 6. The largest absolute Gasteiger partial charge is 0.380 e. The van der Waals surface area contributed by atoms with Gasteiger partial charge in [-0.25, -0.2) is 4.98 Å². The number of anilines is 2. The third-order valence-corrected chi connectivity index (χ3v) is 9.69. The third kappa shape index (κ3) is 5.63. The summed E-state index contributed by atoms with van der Waals surface area (Å²) in [6.07, 6.45) is 9.87. The number of hydrogen-bond acceptors (Lipinski definition) is 8. The van der Waals surface area contributed by atoms with Gasteiger partial charge < -0.3 is 20.4 Å². The van der Waals surface area contributed by atoms with Gasteiger partial charge in [-0.05, 0) is 62.8 Å². The molecule has 0 radical (unpaired) electrons. The van der Waals surface area contributed by atoms with Gasteiger partial charge in [0.25, 0.3) is 11.8 Å². The number of carbonyl (C=O) groups is 4. The number of carbonyl (C=O) groups excluding carboxylic acids is 4. The van der Waals surface area contributed by atoms with Gasteiger partial charge >= 0.3 is 0 Å². The maximum Gasteiger partial charge on any atom is 0.264 e. The van der Waals surface area contributed by atoms with E-state index in [1.807, 2.05) is 46.4 Å². The molecule has 2 aromatic heterocycles. The van der Waals surface area contributed by atoms with Crippen LogP contribution in [0.25, 0.3) is 0 Å². The van der Waals surface area contributed by atoms with Crippen molar-refractivity contribution < 1.29 is 19.2 Å². The minimum Gasteiger partial charge on any atom is -0.380 e. The molecule has 1 aromatic carbocycles. The van der Waals surface area contributed by atoms with Gasteiger partial charge in [-0.3, -0.25) is 28.8 Å². The van der Waals surface area contributed by atoms with Crippen molar-refractivity contribution in [3.8, 4) is 0 Å². The zero-order valence-corrected chi connectivity index (χ0v) is 25.7. The van der Waals surface area contributed by atoms with Crippen molar-refractivity contribution in [3.05, 3.63) is 84.0 Å². The Morgan fingerprint density at radius 3 is 2.50 bits per heavy atom. The molecule has 12 nitrogen and oxygen atoms in total. The lowest BCUT2D eigenvalue weighted by Gasteiger charge is -2.37. The van der Waals surface area contributed by atoms with E-state index in [1.165, 1.54) is 0 Å². The fourth-order valence-electron chi connectivity index (χ4n) is 7.11. The van der Waals surface area contributed by atoms with Crippen LogP contribution in [0.5, 0.6) is 0 Å². The number of pyridine rings is 1. The first-order valence-electron chi connectivity index (χ1n) is 16.1. The second-order valence-corrected chi connectivity index (χ2v) is 12.5. The number of imide groups is 1. The maximum absolute atomic E-state index is 13.4. The molecule has 1 unspecified atom stereocenters. The molecule has 46 heavy (non-hydrogen) atoms. The minimum absolute atomic E-state index is 0.0624. The van der Waals surface area contributed by atoms with E-state index in [-0.39, 0.29) is 29.3 Å². The number of rotatable bonds is 7. The van der Waals surface area contributed by atoms with Crippen LogP contribution in [-0.2, 0) is 16.1 Å². The van der Waals surface area contributed by atoms with Crippen LogP contribution in [0.4, 0.5) is 11.5 Å². The molecule has 1 atom stereocenters. The first-order valence-corrected chi connectivity index (χ1v) is 16.1. The van der Waals surface area contributed by atoms with E-state index in [0.717, 1.165) is 55.1 Å². The summed E-state index contributed by atoms with van der Waals surface area (Å²) in [6.45, 7) is 7.32. The zero-order chi connectivity index (χ0) is 31.8. The summed E-state index contributed by atoms with van der Waals surface area (Å²) in [6, 6.07) is 10.4. The molecule has 0 spiro atoms. The van der Waals surface area contributed by atoms with Crippen molar-refractivity contribution in [2.75, 3.05) is 36.4 Å². The van der Waals surface area contributed by atoms with Crippen molar-refractivity contribution in [2.45, 2.75) is 57.2 Å². The second-order valence-electron chi connectivity index (χ2n) is 12.5. The minimum atomic E-state index is -0.851. The Morgan fingerprint density at radius 2 is 1.76 bits per heavy atom. The summed E-state index contributed by atoms with van der Waals surface area (Å²) in [4.78, 5) is 62.3. The van der Waals surface area contributed by atoms with Gasteiger partial charge in [0.1, 0.15) is 11.9 Å². The molecule has 3 fully saturated rings. The summed E-state index contributed by atoms with van der Waals surface area (Å²) in [5, 5.41) is 10.6. The lowest BCUT2D eigenvalue weighted by atomic mass is 9.93. The first-order chi connectivity index (χ1) is 22.4. The van der Waals surface area contributed by atoms with Crippen LogP contribution in [0, 0.1) is 5.92 Å². The zero-order valence-electron chi connectivity index (χ0n) is 25.7. The Bertz CT molecular complexity index is 1670. The molecule has 12 heteroatoms. The van der Waals surface area contributed by atoms with E-state index in [4.69, 9.17) is 0 Å². The fraction of sp³-hybridized carbons (Fsp3) is 0.412. The highest BCUT2D eigenvalue weighted by Crippen LogP contribution is 2.33. The lowest BCUT2D eigenvalue weighted by molar-refractivity contribution is -0.137. The average molecular weight is 623 g/mol. The third-order valence-electron chi connectivity index (χ3n) is 9.69. The smallest absolute Gasteiger partial charge is 0.264 e. The molecule has 6 heterocycles. The van der Waals surface area contributed by atoms with E-state index in [2.05, 4.69) is 32.2 Å². The van der Waals surface area contributed by atoms with Crippen LogP contribution in [0.2, 0.25) is 0 Å². The molecule has 0 saturated carbocycles. The van der Waals surface area contributed by atoms with Gasteiger partial charge in [0.05, 0.1) is 23.4 Å². The molecule has 2 N–H and O–H groups in total. The summed E-state index contributed by atoms with van der Waals surface area (Å²) in [7, 11) is 0. The molecular formula is C34H38N8O4. The van der Waals surface area contributed by atoms with Gasteiger partial charge in [-0.15, -0.1) is 0 Å². The summed E-state index contributed by atoms with van der Waals surface area (Å²) < 4.78 is 1.98. The molecule has 4 aliphatic rings. The Hall–Kier alpha value is -5.00. The SMILES string of the molecule is C=C1CCC(N2C(=O)c3cccc(NCc4cnn(C5CCN(C(=O)C6CCN(c7ccccn7)CC6)CC5)c4)c3C2=O)C(=O)N1. The van der Waals surface area contributed by atoms with Crippen molar-refractivity contribution in [1.29, 1.82) is 0 Å². The number of likely N-dealkylation sites (tertiary alicyclic amines) is 1. The lowest BCUT2D eigenvalue weighted by Crippen LogP contribution is -2.51. The van der Waals surface area contributed by atoms with Crippen molar-refractivity contribution >= 4 is 35.1 Å². The van der Waals surface area contributed by atoms with Crippen molar-refractivity contribution in [2.24, 2.45) is 5.92 Å². The van der Waals surface area contributed by atoms with Crippen molar-refractivity contribution in [3.63, 3.8) is 0 Å². The number of allylic oxidation sites excluding steroid dienone is 1. The molecule has 3 aromatic rings. The molecule has 4 aliphatic heterocycles. The Balaban J connectivity index is 0.923. The number of hydrogen-bond donors (Lipinski definition) is 2. The Labute approximate surface area is 267 Å². The molecule has 4 amide bonds. The number of piperidine rings is 3. The monoisotopic (exact) mass is 622 g/mol. The maximum atomic E-state index is 13.4. The van der Waals surface area contributed by atoms with Gasteiger partial charge in [0, 0.05) is 68.0 Å². The van der Waals surface area contributed by atoms with Gasteiger partial charge in [-0.1, -0.05) is 18.7 Å². The number of fused-ring (bicyclic) bond motifs is 1. The Kier molecular flexibility index (Phi) is 8.02. The quantitative estimate of drug-likeness (QED) is 0.384. The fourth-order valence-corrected chi connectivity index (χ4v) is 7.11. The van der Waals surface area contributed by atoms with Gasteiger partial charge in [-0.2, -0.15) is 5.10 Å². The molecule has 7 rings (SSSR count). The molecule has 0 bridgehead atoms. The number of amides is 4. The topological polar surface area (TPSA) is 133 Å². The summed E-state index contributed by atoms with van der Waals surface area (Å²) >= 11 is 0. The number of nitrogens with one attached hydrogen (secondary N) is 2. The summed E-state index contributed by atoms with van der Waals surface area (Å²) in [5.41, 5.74) is 2.66. The van der Waals surface area contributed by atoms with Crippen molar-refractivity contribution in [1.82, 2.24) is 29.9 Å². The highest BCUT2D eigenvalue weighted by molar-refractivity contribution is 6.25. The van der Waals surface area contributed by atoms with E-state index in [0.29, 0.717) is 49.4 Å². The van der Waals surface area contributed by atoms with Crippen LogP contribution in [0.3, 0.4) is 0 Å². The normalized spacial score (nSPS) is 21.0. The van der Waals surface area contributed by atoms with Crippen LogP contribution in [-0.4, -0.2) is 80.4 Å².